The van der Waals surface area contributed by atoms with Gasteiger partial charge in [0.15, 0.2) is 0 Å². The zero-order valence-electron chi connectivity index (χ0n) is 12.9. The molecule has 0 aliphatic heterocycles. The molecule has 0 spiro atoms. The van der Waals surface area contributed by atoms with Gasteiger partial charge in [-0.25, -0.2) is 0 Å². The van der Waals surface area contributed by atoms with Crippen molar-refractivity contribution in [2.45, 2.75) is 51.9 Å². The van der Waals surface area contributed by atoms with Gasteiger partial charge in [0.1, 0.15) is 0 Å². The number of fused-ring (bicyclic) bond motifs is 2. The first kappa shape index (κ1) is 16.1. The van der Waals surface area contributed by atoms with Crippen molar-refractivity contribution in [1.82, 2.24) is 5.32 Å². The molecule has 0 radical (unpaired) electrons. The van der Waals surface area contributed by atoms with Gasteiger partial charge in [0, 0.05) is 6.54 Å². The van der Waals surface area contributed by atoms with Crippen LogP contribution in [0.1, 0.15) is 51.9 Å². The van der Waals surface area contributed by atoms with Crippen molar-refractivity contribution >= 4 is 11.9 Å². The maximum absolute atomic E-state index is 12.3. The van der Waals surface area contributed by atoms with Gasteiger partial charge in [-0.15, -0.1) is 0 Å². The number of nitrogens with one attached hydrogen (secondary N) is 1. The summed E-state index contributed by atoms with van der Waals surface area (Å²) in [6.45, 7) is 2.87. The van der Waals surface area contributed by atoms with Gasteiger partial charge in [-0.3, -0.25) is 9.59 Å². The molecular weight excluding hydrogens is 266 g/mol. The lowest BCUT2D eigenvalue weighted by atomic mass is 9.82. The van der Waals surface area contributed by atoms with E-state index in [1.807, 2.05) is 12.2 Å². The van der Waals surface area contributed by atoms with E-state index in [4.69, 9.17) is 0 Å². The van der Waals surface area contributed by atoms with Crippen molar-refractivity contribution in [1.29, 1.82) is 0 Å². The molecule has 1 fully saturated rings. The number of amides is 1. The smallest absolute Gasteiger partial charge is 0.307 e. The van der Waals surface area contributed by atoms with E-state index in [9.17, 15) is 14.7 Å². The van der Waals surface area contributed by atoms with Gasteiger partial charge in [0.05, 0.1) is 11.8 Å². The number of carboxylic acid groups (broad SMARTS) is 1. The van der Waals surface area contributed by atoms with Gasteiger partial charge in [0.2, 0.25) is 5.91 Å². The molecule has 0 aromatic rings. The second kappa shape index (κ2) is 7.62. The Morgan fingerprint density at radius 2 is 1.67 bits per heavy atom. The van der Waals surface area contributed by atoms with E-state index in [0.29, 0.717) is 6.54 Å². The lowest BCUT2D eigenvalue weighted by Gasteiger charge is -2.23. The summed E-state index contributed by atoms with van der Waals surface area (Å²) in [5, 5.41) is 12.3. The molecule has 4 atom stereocenters. The number of hydrogen-bond acceptors (Lipinski definition) is 2. The molecule has 1 amide bonds. The number of aliphatic carboxylic acids is 1. The molecule has 4 heteroatoms. The largest absolute Gasteiger partial charge is 0.481 e. The second-order valence-electron chi connectivity index (χ2n) is 6.40. The maximum atomic E-state index is 12.3. The van der Waals surface area contributed by atoms with Crippen LogP contribution in [-0.4, -0.2) is 23.5 Å². The fraction of sp³-hybridized carbons (Fsp3) is 0.765. The molecule has 0 heterocycles. The number of allylic oxidation sites excluding steroid dienone is 2. The summed E-state index contributed by atoms with van der Waals surface area (Å²) in [4.78, 5) is 23.6. The van der Waals surface area contributed by atoms with Crippen LogP contribution in [0.3, 0.4) is 0 Å². The molecule has 2 rings (SSSR count). The van der Waals surface area contributed by atoms with Crippen molar-refractivity contribution < 1.29 is 14.7 Å². The van der Waals surface area contributed by atoms with Crippen LogP contribution in [0.15, 0.2) is 12.2 Å². The summed E-state index contributed by atoms with van der Waals surface area (Å²) >= 11 is 0. The van der Waals surface area contributed by atoms with Gasteiger partial charge in [-0.05, 0) is 24.7 Å². The highest BCUT2D eigenvalue weighted by Crippen LogP contribution is 2.48. The van der Waals surface area contributed by atoms with Crippen molar-refractivity contribution in [3.8, 4) is 0 Å². The zero-order chi connectivity index (χ0) is 15.2. The average Bonchev–Trinajstić information content (AvgIpc) is 3.06. The van der Waals surface area contributed by atoms with Gasteiger partial charge in [0.25, 0.3) is 0 Å². The minimum Gasteiger partial charge on any atom is -0.481 e. The van der Waals surface area contributed by atoms with E-state index in [1.165, 1.54) is 25.7 Å². The van der Waals surface area contributed by atoms with E-state index in [2.05, 4.69) is 12.2 Å². The van der Waals surface area contributed by atoms with Crippen LogP contribution in [-0.2, 0) is 9.59 Å². The van der Waals surface area contributed by atoms with E-state index < -0.39 is 11.9 Å². The lowest BCUT2D eigenvalue weighted by Crippen LogP contribution is -2.40. The third kappa shape index (κ3) is 3.86. The van der Waals surface area contributed by atoms with Crippen LogP contribution in [0.2, 0.25) is 0 Å². The minimum atomic E-state index is -0.827. The van der Waals surface area contributed by atoms with Crippen molar-refractivity contribution in [2.75, 3.05) is 6.54 Å². The van der Waals surface area contributed by atoms with Crippen LogP contribution in [0.25, 0.3) is 0 Å². The first-order valence-electron chi connectivity index (χ1n) is 8.34. The number of hydrogen-bond donors (Lipinski definition) is 2. The Hall–Kier alpha value is -1.32. The maximum Gasteiger partial charge on any atom is 0.307 e. The quantitative estimate of drug-likeness (QED) is 0.507. The van der Waals surface area contributed by atoms with Crippen LogP contribution in [0, 0.1) is 23.7 Å². The highest BCUT2D eigenvalue weighted by Gasteiger charge is 2.51. The molecule has 2 N–H and O–H groups in total. The summed E-state index contributed by atoms with van der Waals surface area (Å²) in [5.41, 5.74) is 0. The number of carbonyl (C=O) groups is 2. The van der Waals surface area contributed by atoms with Crippen molar-refractivity contribution in [2.24, 2.45) is 23.7 Å². The van der Waals surface area contributed by atoms with E-state index in [0.717, 1.165) is 19.3 Å². The molecule has 2 aliphatic carbocycles. The summed E-state index contributed by atoms with van der Waals surface area (Å²) in [7, 11) is 0. The summed E-state index contributed by atoms with van der Waals surface area (Å²) in [5.74, 6) is -1.60. The zero-order valence-corrected chi connectivity index (χ0v) is 12.9. The van der Waals surface area contributed by atoms with Gasteiger partial charge in [-0.1, -0.05) is 51.2 Å². The highest BCUT2D eigenvalue weighted by molar-refractivity contribution is 5.86. The fourth-order valence-corrected chi connectivity index (χ4v) is 3.75. The third-order valence-corrected chi connectivity index (χ3v) is 4.88. The molecular formula is C17H27NO3. The number of unbranched alkanes of at least 4 members (excludes halogenated alkanes) is 5. The first-order chi connectivity index (χ1) is 10.1. The minimum absolute atomic E-state index is 0.0530. The predicted molar refractivity (Wildman–Crippen MR) is 81.7 cm³/mol. The van der Waals surface area contributed by atoms with Crippen molar-refractivity contribution in [3.63, 3.8) is 0 Å². The van der Waals surface area contributed by atoms with E-state index in [-0.39, 0.29) is 23.7 Å². The van der Waals surface area contributed by atoms with Crippen LogP contribution in [0.4, 0.5) is 0 Å². The SMILES string of the molecule is CCCCCCCCNC(=O)[C@H]1C2C=CC(C2)[C@H]1C(=O)O. The Bertz CT molecular complexity index is 405. The first-order valence-corrected chi connectivity index (χ1v) is 8.34. The molecule has 0 aromatic heterocycles. The van der Waals surface area contributed by atoms with Crippen LogP contribution >= 0.6 is 0 Å². The second-order valence-corrected chi connectivity index (χ2v) is 6.40. The summed E-state index contributed by atoms with van der Waals surface area (Å²) in [6.07, 6.45) is 12.0. The topological polar surface area (TPSA) is 66.4 Å². The Balaban J connectivity index is 1.71. The molecule has 0 aromatic carbocycles. The van der Waals surface area contributed by atoms with Gasteiger partial charge in [-0.2, -0.15) is 0 Å². The lowest BCUT2D eigenvalue weighted by molar-refractivity contribution is -0.147. The number of carboxylic acids is 1. The summed E-state index contributed by atoms with van der Waals surface area (Å²) < 4.78 is 0. The van der Waals surface area contributed by atoms with E-state index >= 15 is 0 Å². The molecule has 0 saturated heterocycles. The molecule has 4 nitrogen and oxygen atoms in total. The average molecular weight is 293 g/mol. The molecule has 1 saturated carbocycles. The normalized spacial score (nSPS) is 29.8. The molecule has 2 unspecified atom stereocenters. The Morgan fingerprint density at radius 3 is 2.33 bits per heavy atom. The Morgan fingerprint density at radius 1 is 1.05 bits per heavy atom. The monoisotopic (exact) mass is 293 g/mol. The number of rotatable bonds is 9. The molecule has 118 valence electrons. The Kier molecular flexibility index (Phi) is 5.83. The predicted octanol–water partition coefficient (Wildman–Crippen LogP) is 2.99. The van der Waals surface area contributed by atoms with Gasteiger partial charge >= 0.3 is 5.97 Å². The molecule has 2 aliphatic rings. The van der Waals surface area contributed by atoms with E-state index in [1.54, 1.807) is 0 Å². The van der Waals surface area contributed by atoms with Crippen LogP contribution < -0.4 is 5.32 Å². The third-order valence-electron chi connectivity index (χ3n) is 4.88. The molecule has 21 heavy (non-hydrogen) atoms. The Labute approximate surface area is 127 Å². The van der Waals surface area contributed by atoms with Crippen LogP contribution in [0.5, 0.6) is 0 Å². The fourth-order valence-electron chi connectivity index (χ4n) is 3.75. The number of carbonyl (C=O) groups excluding carboxylic acids is 1. The summed E-state index contributed by atoms with van der Waals surface area (Å²) in [6, 6.07) is 0. The molecule has 2 bridgehead atoms. The van der Waals surface area contributed by atoms with Crippen molar-refractivity contribution in [3.05, 3.63) is 12.2 Å². The highest BCUT2D eigenvalue weighted by atomic mass is 16.4. The standard InChI is InChI=1S/C17H27NO3/c1-2-3-4-5-6-7-10-18-16(19)14-12-8-9-13(11-12)15(14)17(20)21/h8-9,12-15H,2-7,10-11H2,1H3,(H,18,19)(H,20,21)/t12?,13?,14-,15+/m0/s1. The van der Waals surface area contributed by atoms with Gasteiger partial charge < -0.3 is 10.4 Å².